The summed E-state index contributed by atoms with van der Waals surface area (Å²) in [5.74, 6) is 1.92. The van der Waals surface area contributed by atoms with Crippen molar-refractivity contribution >= 4 is 27.5 Å². The maximum Gasteiger partial charge on any atom is 0.117 e. The molecule has 0 aliphatic carbocycles. The quantitative estimate of drug-likeness (QED) is 0.939. The Bertz CT molecular complexity index is 438. The second kappa shape index (κ2) is 4.92. The van der Waals surface area contributed by atoms with Crippen LogP contribution in [0.4, 0.5) is 0 Å². The third-order valence-corrected chi connectivity index (χ3v) is 3.72. The van der Waals surface area contributed by atoms with E-state index >= 15 is 0 Å². The van der Waals surface area contributed by atoms with E-state index in [1.54, 1.807) is 0 Å². The van der Waals surface area contributed by atoms with Crippen LogP contribution in [0, 0.1) is 6.92 Å². The molecule has 0 saturated heterocycles. The van der Waals surface area contributed by atoms with Gasteiger partial charge in [-0.25, -0.2) is 0 Å². The molecule has 0 unspecified atom stereocenters. The Labute approximate surface area is 101 Å². The summed E-state index contributed by atoms with van der Waals surface area (Å²) in [4.78, 5) is 1.21. The molecule has 0 aromatic carbocycles. The predicted octanol–water partition coefficient (Wildman–Crippen LogP) is 3.10. The molecule has 0 radical (unpaired) electrons. The highest BCUT2D eigenvalue weighted by Gasteiger charge is 2.03. The molecule has 5 heteroatoms. The minimum absolute atomic E-state index is 0.748. The van der Waals surface area contributed by atoms with E-state index in [0.717, 1.165) is 29.1 Å². The first-order valence-corrected chi connectivity index (χ1v) is 6.17. The van der Waals surface area contributed by atoms with Gasteiger partial charge in [0.25, 0.3) is 0 Å². The number of halogens is 1. The molecule has 0 atom stereocenters. The van der Waals surface area contributed by atoms with Crippen molar-refractivity contribution in [1.29, 1.82) is 0 Å². The number of nitrogens with one attached hydrogen (secondary N) is 1. The van der Waals surface area contributed by atoms with E-state index in [1.165, 1.54) is 16.4 Å². The highest BCUT2D eigenvalue weighted by Crippen LogP contribution is 2.19. The van der Waals surface area contributed by atoms with E-state index in [1.807, 2.05) is 25.3 Å². The first-order valence-electron chi connectivity index (χ1n) is 4.61. The standard InChI is InChI=1S/C10H11BrN2OS/c1-7-2-3-8(14-7)4-12-6-10-9(11)5-13-15-10/h2-3,5,12H,4,6H2,1H3. The molecule has 2 aromatic heterocycles. The maximum absolute atomic E-state index is 5.45. The zero-order valence-electron chi connectivity index (χ0n) is 8.29. The van der Waals surface area contributed by atoms with Gasteiger partial charge < -0.3 is 9.73 Å². The zero-order chi connectivity index (χ0) is 10.7. The third kappa shape index (κ3) is 2.90. The molecule has 0 aliphatic heterocycles. The summed E-state index contributed by atoms with van der Waals surface area (Å²) >= 11 is 4.94. The summed E-state index contributed by atoms with van der Waals surface area (Å²) in [6.07, 6.45) is 1.82. The third-order valence-electron chi connectivity index (χ3n) is 1.98. The van der Waals surface area contributed by atoms with Crippen molar-refractivity contribution in [3.63, 3.8) is 0 Å². The average Bonchev–Trinajstić information content (AvgIpc) is 2.77. The van der Waals surface area contributed by atoms with Gasteiger partial charge in [-0.05, 0) is 46.5 Å². The fourth-order valence-corrected chi connectivity index (χ4v) is 2.44. The predicted molar refractivity (Wildman–Crippen MR) is 63.8 cm³/mol. The molecule has 0 spiro atoms. The van der Waals surface area contributed by atoms with Crippen LogP contribution in [0.1, 0.15) is 16.4 Å². The molecule has 15 heavy (non-hydrogen) atoms. The Hall–Kier alpha value is -0.650. The van der Waals surface area contributed by atoms with Crippen LogP contribution in [0.3, 0.4) is 0 Å². The molecule has 0 saturated carbocycles. The minimum atomic E-state index is 0.748. The van der Waals surface area contributed by atoms with Crippen molar-refractivity contribution in [2.24, 2.45) is 0 Å². The molecule has 1 N–H and O–H groups in total. The number of aromatic nitrogens is 1. The molecular weight excluding hydrogens is 276 g/mol. The number of aryl methyl sites for hydroxylation is 1. The van der Waals surface area contributed by atoms with Crippen LogP contribution in [-0.4, -0.2) is 4.37 Å². The Kier molecular flexibility index (Phi) is 3.56. The van der Waals surface area contributed by atoms with Crippen LogP contribution in [0.5, 0.6) is 0 Å². The van der Waals surface area contributed by atoms with Gasteiger partial charge in [0.15, 0.2) is 0 Å². The van der Waals surface area contributed by atoms with E-state index in [2.05, 4.69) is 25.6 Å². The van der Waals surface area contributed by atoms with Crippen LogP contribution < -0.4 is 5.32 Å². The lowest BCUT2D eigenvalue weighted by Crippen LogP contribution is -2.11. The zero-order valence-corrected chi connectivity index (χ0v) is 10.7. The van der Waals surface area contributed by atoms with Crippen molar-refractivity contribution in [3.8, 4) is 0 Å². The lowest BCUT2D eigenvalue weighted by atomic mass is 10.4. The molecule has 0 fully saturated rings. The molecule has 2 aromatic rings. The van der Waals surface area contributed by atoms with Crippen LogP contribution in [0.25, 0.3) is 0 Å². The Morgan fingerprint density at radius 1 is 1.47 bits per heavy atom. The molecule has 2 heterocycles. The van der Waals surface area contributed by atoms with Gasteiger partial charge in [-0.2, -0.15) is 4.37 Å². The number of furan rings is 1. The fraction of sp³-hybridized carbons (Fsp3) is 0.300. The van der Waals surface area contributed by atoms with E-state index in [9.17, 15) is 0 Å². The van der Waals surface area contributed by atoms with Gasteiger partial charge in [0, 0.05) is 6.54 Å². The van der Waals surface area contributed by atoms with Crippen molar-refractivity contribution in [3.05, 3.63) is 39.2 Å². The molecule has 80 valence electrons. The lowest BCUT2D eigenvalue weighted by Gasteiger charge is -2.00. The second-order valence-electron chi connectivity index (χ2n) is 3.21. The molecule has 0 aliphatic rings. The van der Waals surface area contributed by atoms with E-state index in [0.29, 0.717) is 0 Å². The number of hydrogen-bond donors (Lipinski definition) is 1. The van der Waals surface area contributed by atoms with Crippen LogP contribution >= 0.6 is 27.5 Å². The summed E-state index contributed by atoms with van der Waals surface area (Å²) in [6, 6.07) is 3.96. The van der Waals surface area contributed by atoms with Gasteiger partial charge >= 0.3 is 0 Å². The minimum Gasteiger partial charge on any atom is -0.465 e. The SMILES string of the molecule is Cc1ccc(CNCc2sncc2Br)o1. The molecule has 0 amide bonds. The van der Waals surface area contributed by atoms with Crippen molar-refractivity contribution in [2.45, 2.75) is 20.0 Å². The van der Waals surface area contributed by atoms with Crippen LogP contribution in [-0.2, 0) is 13.1 Å². The molecule has 3 nitrogen and oxygen atoms in total. The topological polar surface area (TPSA) is 38.1 Å². The van der Waals surface area contributed by atoms with Gasteiger partial charge in [-0.1, -0.05) is 0 Å². The molecule has 2 rings (SSSR count). The Morgan fingerprint density at radius 2 is 2.33 bits per heavy atom. The number of hydrogen-bond acceptors (Lipinski definition) is 4. The van der Waals surface area contributed by atoms with E-state index in [4.69, 9.17) is 4.42 Å². The van der Waals surface area contributed by atoms with Crippen LogP contribution in [0.2, 0.25) is 0 Å². The normalized spacial score (nSPS) is 10.8. The van der Waals surface area contributed by atoms with Gasteiger partial charge in [0.1, 0.15) is 11.5 Å². The second-order valence-corrected chi connectivity index (χ2v) is 4.95. The molecular formula is C10H11BrN2OS. The summed E-state index contributed by atoms with van der Waals surface area (Å²) in [6.45, 7) is 3.51. The van der Waals surface area contributed by atoms with Crippen molar-refractivity contribution < 1.29 is 4.42 Å². The van der Waals surface area contributed by atoms with Crippen molar-refractivity contribution in [1.82, 2.24) is 9.69 Å². The monoisotopic (exact) mass is 286 g/mol. The largest absolute Gasteiger partial charge is 0.465 e. The van der Waals surface area contributed by atoms with E-state index < -0.39 is 0 Å². The fourth-order valence-electron chi connectivity index (χ4n) is 1.25. The van der Waals surface area contributed by atoms with Crippen LogP contribution in [0.15, 0.2) is 27.2 Å². The summed E-state index contributed by atoms with van der Waals surface area (Å²) in [5, 5.41) is 3.30. The molecule has 0 bridgehead atoms. The Morgan fingerprint density at radius 3 is 2.93 bits per heavy atom. The summed E-state index contributed by atoms with van der Waals surface area (Å²) in [7, 11) is 0. The number of rotatable bonds is 4. The van der Waals surface area contributed by atoms with Gasteiger partial charge in [0.05, 0.1) is 22.1 Å². The summed E-state index contributed by atoms with van der Waals surface area (Å²) in [5.41, 5.74) is 0. The van der Waals surface area contributed by atoms with Gasteiger partial charge in [0.2, 0.25) is 0 Å². The average molecular weight is 287 g/mol. The smallest absolute Gasteiger partial charge is 0.117 e. The first-order chi connectivity index (χ1) is 7.25. The first kappa shape index (κ1) is 10.9. The maximum atomic E-state index is 5.45. The Balaban J connectivity index is 1.83. The highest BCUT2D eigenvalue weighted by atomic mass is 79.9. The van der Waals surface area contributed by atoms with Gasteiger partial charge in [-0.3, -0.25) is 0 Å². The highest BCUT2D eigenvalue weighted by molar-refractivity contribution is 9.10. The van der Waals surface area contributed by atoms with E-state index in [-0.39, 0.29) is 0 Å². The van der Waals surface area contributed by atoms with Gasteiger partial charge in [-0.15, -0.1) is 0 Å². The lowest BCUT2D eigenvalue weighted by molar-refractivity contribution is 0.462. The van der Waals surface area contributed by atoms with Crippen molar-refractivity contribution in [2.75, 3.05) is 0 Å². The number of nitrogens with zero attached hydrogens (tertiary/aromatic N) is 1. The summed E-state index contributed by atoms with van der Waals surface area (Å²) < 4.78 is 10.6.